The van der Waals surface area contributed by atoms with Crippen LogP contribution in [0.1, 0.15) is 11.1 Å². The van der Waals surface area contributed by atoms with Crippen LogP contribution in [0.15, 0.2) is 23.4 Å². The van der Waals surface area contributed by atoms with Crippen molar-refractivity contribution < 1.29 is 4.84 Å². The Kier molecular flexibility index (Phi) is 1.93. The first-order valence-electron chi connectivity index (χ1n) is 4.23. The van der Waals surface area contributed by atoms with Crippen LogP contribution in [0.5, 0.6) is 0 Å². The van der Waals surface area contributed by atoms with Gasteiger partial charge in [0.2, 0.25) is 0 Å². The van der Waals surface area contributed by atoms with Crippen molar-refractivity contribution in [1.82, 2.24) is 0 Å². The molecule has 0 saturated heterocycles. The Hall–Kier alpha value is -1.51. The fourth-order valence-corrected chi connectivity index (χ4v) is 1.49. The lowest BCUT2D eigenvalue weighted by atomic mass is 10.1. The van der Waals surface area contributed by atoms with Crippen LogP contribution in [0.25, 0.3) is 0 Å². The molecule has 0 aromatic heterocycles. The average Bonchev–Trinajstić information content (AvgIpc) is 2.17. The third kappa shape index (κ3) is 1.37. The Morgan fingerprint density at radius 2 is 2.23 bits per heavy atom. The predicted octanol–water partition coefficient (Wildman–Crippen LogP) is 1.62. The first kappa shape index (κ1) is 8.10. The molecule has 0 amide bonds. The number of anilines is 1. The van der Waals surface area contributed by atoms with E-state index in [0.717, 1.165) is 5.56 Å². The number of oxime groups is 1. The summed E-state index contributed by atoms with van der Waals surface area (Å²) in [6.07, 6.45) is 1.76. The molecule has 0 N–H and O–H groups in total. The smallest absolute Gasteiger partial charge is 0.144 e. The molecule has 0 saturated carbocycles. The SMILES string of the molecule is CN(C)c1cccc2c1CON=C2. The zero-order valence-corrected chi connectivity index (χ0v) is 7.82. The second-order valence-corrected chi connectivity index (χ2v) is 3.25. The maximum atomic E-state index is 5.03. The highest BCUT2D eigenvalue weighted by atomic mass is 16.6. The summed E-state index contributed by atoms with van der Waals surface area (Å²) >= 11 is 0. The molecule has 1 aromatic rings. The van der Waals surface area contributed by atoms with Gasteiger partial charge in [0.25, 0.3) is 0 Å². The van der Waals surface area contributed by atoms with Gasteiger partial charge in [-0.1, -0.05) is 17.3 Å². The molecule has 1 aromatic carbocycles. The van der Waals surface area contributed by atoms with Gasteiger partial charge in [0.05, 0.1) is 6.21 Å². The van der Waals surface area contributed by atoms with Crippen LogP contribution in [-0.2, 0) is 11.4 Å². The number of benzene rings is 1. The molecule has 0 radical (unpaired) electrons. The van der Waals surface area contributed by atoms with Gasteiger partial charge in [-0.25, -0.2) is 0 Å². The van der Waals surface area contributed by atoms with Crippen LogP contribution in [-0.4, -0.2) is 20.3 Å². The van der Waals surface area contributed by atoms with Crippen LogP contribution in [0.4, 0.5) is 5.69 Å². The molecule has 0 aliphatic carbocycles. The summed E-state index contributed by atoms with van der Waals surface area (Å²) in [4.78, 5) is 7.11. The van der Waals surface area contributed by atoms with Crippen molar-refractivity contribution in [3.8, 4) is 0 Å². The Labute approximate surface area is 77.6 Å². The second-order valence-electron chi connectivity index (χ2n) is 3.25. The molecule has 0 unspecified atom stereocenters. The molecule has 1 heterocycles. The normalized spacial score (nSPS) is 13.4. The summed E-state index contributed by atoms with van der Waals surface area (Å²) < 4.78 is 0. The standard InChI is InChI=1S/C10H12N2O/c1-12(2)10-5-3-4-8-6-11-13-7-9(8)10/h3-6H,7H2,1-2H3. The van der Waals surface area contributed by atoms with Gasteiger partial charge < -0.3 is 9.74 Å². The first-order valence-corrected chi connectivity index (χ1v) is 4.23. The van der Waals surface area contributed by atoms with Crippen LogP contribution >= 0.6 is 0 Å². The van der Waals surface area contributed by atoms with Crippen molar-refractivity contribution in [1.29, 1.82) is 0 Å². The average molecular weight is 176 g/mol. The van der Waals surface area contributed by atoms with E-state index in [1.807, 2.05) is 26.2 Å². The number of hydrogen-bond acceptors (Lipinski definition) is 3. The first-order chi connectivity index (χ1) is 6.29. The number of hydrogen-bond donors (Lipinski definition) is 0. The second kappa shape index (κ2) is 3.09. The lowest BCUT2D eigenvalue weighted by Gasteiger charge is -2.20. The van der Waals surface area contributed by atoms with Gasteiger partial charge in [-0.3, -0.25) is 0 Å². The monoisotopic (exact) mass is 176 g/mol. The van der Waals surface area contributed by atoms with Crippen molar-refractivity contribution >= 4 is 11.9 Å². The number of nitrogens with zero attached hydrogens (tertiary/aromatic N) is 2. The quantitative estimate of drug-likeness (QED) is 0.649. The number of rotatable bonds is 1. The van der Waals surface area contributed by atoms with E-state index in [4.69, 9.17) is 4.84 Å². The summed E-state index contributed by atoms with van der Waals surface area (Å²) in [5.74, 6) is 0. The van der Waals surface area contributed by atoms with E-state index in [1.54, 1.807) is 6.21 Å². The van der Waals surface area contributed by atoms with Crippen molar-refractivity contribution in [2.24, 2.45) is 5.16 Å². The summed E-state index contributed by atoms with van der Waals surface area (Å²) in [7, 11) is 4.06. The molecule has 2 rings (SSSR count). The molecule has 0 bridgehead atoms. The minimum absolute atomic E-state index is 0.570. The van der Waals surface area contributed by atoms with Crippen LogP contribution < -0.4 is 4.90 Å². The molecule has 0 fully saturated rings. The minimum Gasteiger partial charge on any atom is -0.391 e. The zero-order chi connectivity index (χ0) is 9.26. The van der Waals surface area contributed by atoms with Crippen molar-refractivity contribution in [3.63, 3.8) is 0 Å². The van der Waals surface area contributed by atoms with E-state index in [1.165, 1.54) is 11.3 Å². The van der Waals surface area contributed by atoms with Crippen LogP contribution in [0, 0.1) is 0 Å². The molecular formula is C10H12N2O. The highest BCUT2D eigenvalue weighted by Gasteiger charge is 2.11. The fraction of sp³-hybridized carbons (Fsp3) is 0.300. The highest BCUT2D eigenvalue weighted by Crippen LogP contribution is 2.24. The molecule has 1 aliphatic rings. The van der Waals surface area contributed by atoms with Gasteiger partial charge in [-0.05, 0) is 6.07 Å². The van der Waals surface area contributed by atoms with E-state index in [0.29, 0.717) is 6.61 Å². The largest absolute Gasteiger partial charge is 0.391 e. The molecule has 3 nitrogen and oxygen atoms in total. The molecule has 1 aliphatic heterocycles. The molecule has 13 heavy (non-hydrogen) atoms. The van der Waals surface area contributed by atoms with Gasteiger partial charge >= 0.3 is 0 Å². The van der Waals surface area contributed by atoms with Crippen molar-refractivity contribution in [3.05, 3.63) is 29.3 Å². The Bertz CT molecular complexity index is 345. The third-order valence-electron chi connectivity index (χ3n) is 2.14. The minimum atomic E-state index is 0.570. The van der Waals surface area contributed by atoms with Crippen molar-refractivity contribution in [2.45, 2.75) is 6.61 Å². The van der Waals surface area contributed by atoms with Gasteiger partial charge in [0, 0.05) is 30.9 Å². The Morgan fingerprint density at radius 3 is 3.00 bits per heavy atom. The van der Waals surface area contributed by atoms with Gasteiger partial charge in [0.15, 0.2) is 0 Å². The van der Waals surface area contributed by atoms with E-state index < -0.39 is 0 Å². The van der Waals surface area contributed by atoms with Crippen LogP contribution in [0.3, 0.4) is 0 Å². The maximum absolute atomic E-state index is 5.03. The van der Waals surface area contributed by atoms with Gasteiger partial charge in [0.1, 0.15) is 6.61 Å². The highest BCUT2D eigenvalue weighted by molar-refractivity contribution is 5.84. The lowest BCUT2D eigenvalue weighted by molar-refractivity contribution is 0.128. The predicted molar refractivity (Wildman–Crippen MR) is 53.2 cm³/mol. The number of fused-ring (bicyclic) bond motifs is 1. The van der Waals surface area contributed by atoms with E-state index >= 15 is 0 Å². The Morgan fingerprint density at radius 1 is 1.38 bits per heavy atom. The zero-order valence-electron chi connectivity index (χ0n) is 7.82. The molecule has 0 atom stereocenters. The molecular weight excluding hydrogens is 164 g/mol. The fourth-order valence-electron chi connectivity index (χ4n) is 1.49. The van der Waals surface area contributed by atoms with Crippen LogP contribution in [0.2, 0.25) is 0 Å². The summed E-state index contributed by atoms with van der Waals surface area (Å²) in [5.41, 5.74) is 3.56. The van der Waals surface area contributed by atoms with E-state index in [-0.39, 0.29) is 0 Å². The van der Waals surface area contributed by atoms with E-state index in [9.17, 15) is 0 Å². The summed E-state index contributed by atoms with van der Waals surface area (Å²) in [6, 6.07) is 6.17. The van der Waals surface area contributed by atoms with Crippen molar-refractivity contribution in [2.75, 3.05) is 19.0 Å². The molecule has 68 valence electrons. The van der Waals surface area contributed by atoms with Gasteiger partial charge in [-0.2, -0.15) is 0 Å². The van der Waals surface area contributed by atoms with E-state index in [2.05, 4.69) is 16.1 Å². The lowest BCUT2D eigenvalue weighted by Crippen LogP contribution is -2.14. The molecule has 3 heteroatoms. The summed E-state index contributed by atoms with van der Waals surface area (Å²) in [5, 5.41) is 3.78. The Balaban J connectivity index is 2.53. The topological polar surface area (TPSA) is 24.8 Å². The molecule has 0 spiro atoms. The third-order valence-corrected chi connectivity index (χ3v) is 2.14. The summed E-state index contributed by atoms with van der Waals surface area (Å²) in [6.45, 7) is 0.570. The van der Waals surface area contributed by atoms with Gasteiger partial charge in [-0.15, -0.1) is 0 Å². The maximum Gasteiger partial charge on any atom is 0.144 e.